The molecule has 0 bridgehead atoms. The van der Waals surface area contributed by atoms with Crippen LogP contribution in [0.4, 0.5) is 0 Å². The summed E-state index contributed by atoms with van der Waals surface area (Å²) in [7, 11) is 1.60. The number of amides is 2. The van der Waals surface area contributed by atoms with Gasteiger partial charge in [-0.3, -0.25) is 9.59 Å². The van der Waals surface area contributed by atoms with Crippen LogP contribution in [0.3, 0.4) is 0 Å². The molecule has 3 rings (SSSR count). The molecular weight excluding hydrogens is 495 g/mol. The molecule has 0 spiro atoms. The molecule has 190 valence electrons. The zero-order valence-electron chi connectivity index (χ0n) is 20.8. The van der Waals surface area contributed by atoms with E-state index in [4.69, 9.17) is 27.9 Å². The van der Waals surface area contributed by atoms with Crippen LogP contribution < -0.4 is 10.1 Å². The van der Waals surface area contributed by atoms with Gasteiger partial charge in [0.1, 0.15) is 11.8 Å². The largest absolute Gasteiger partial charge is 0.497 e. The summed E-state index contributed by atoms with van der Waals surface area (Å²) in [5.41, 5.74) is 2.38. The average Bonchev–Trinajstić information content (AvgIpc) is 2.88. The first-order valence-corrected chi connectivity index (χ1v) is 12.8. The standard InChI is InChI=1S/C29H32Cl2N2O3/c1-4-20(2)32-29(35)27(17-21-9-6-5-7-10-21)33(19-24-25(30)11-8-12-26(24)31)28(34)18-22-13-15-23(36-3)16-14-22/h5-16,20,27H,4,17-19H2,1-3H3,(H,32,35)/t20-,27+/m0/s1. The van der Waals surface area contributed by atoms with E-state index in [1.807, 2.05) is 68.4 Å². The highest BCUT2D eigenvalue weighted by molar-refractivity contribution is 6.36. The predicted octanol–water partition coefficient (Wildman–Crippen LogP) is 6.10. The number of nitrogens with zero attached hydrogens (tertiary/aromatic N) is 1. The Kier molecular flexibility index (Phi) is 10.2. The van der Waals surface area contributed by atoms with E-state index in [0.29, 0.717) is 27.8 Å². The number of benzene rings is 3. The Morgan fingerprint density at radius 1 is 0.917 bits per heavy atom. The maximum Gasteiger partial charge on any atom is 0.243 e. The maximum absolute atomic E-state index is 13.8. The van der Waals surface area contributed by atoms with Crippen LogP contribution in [0.25, 0.3) is 0 Å². The first-order chi connectivity index (χ1) is 17.3. The Morgan fingerprint density at radius 2 is 1.56 bits per heavy atom. The number of carbonyl (C=O) groups excluding carboxylic acids is 2. The average molecular weight is 527 g/mol. The highest BCUT2D eigenvalue weighted by Crippen LogP contribution is 2.28. The normalized spacial score (nSPS) is 12.5. The Balaban J connectivity index is 2.00. The fraction of sp³-hybridized carbons (Fsp3) is 0.310. The summed E-state index contributed by atoms with van der Waals surface area (Å²) in [6.45, 7) is 4.07. The minimum atomic E-state index is -0.750. The second-order valence-electron chi connectivity index (χ2n) is 8.77. The van der Waals surface area contributed by atoms with Crippen LogP contribution in [0, 0.1) is 0 Å². The Bertz CT molecular complexity index is 1130. The number of carbonyl (C=O) groups is 2. The molecule has 7 heteroatoms. The van der Waals surface area contributed by atoms with Crippen molar-refractivity contribution in [2.75, 3.05) is 7.11 Å². The number of nitrogens with one attached hydrogen (secondary N) is 1. The topological polar surface area (TPSA) is 58.6 Å². The van der Waals surface area contributed by atoms with Gasteiger partial charge in [0, 0.05) is 34.6 Å². The molecule has 0 aliphatic rings. The quantitative estimate of drug-likeness (QED) is 0.328. The third kappa shape index (κ3) is 7.49. The van der Waals surface area contributed by atoms with Gasteiger partial charge in [-0.1, -0.05) is 78.7 Å². The van der Waals surface area contributed by atoms with E-state index in [-0.39, 0.29) is 30.8 Å². The molecule has 0 radical (unpaired) electrons. The molecule has 36 heavy (non-hydrogen) atoms. The second kappa shape index (κ2) is 13.3. The lowest BCUT2D eigenvalue weighted by Gasteiger charge is -2.33. The molecule has 2 atom stereocenters. The molecule has 0 aromatic heterocycles. The lowest BCUT2D eigenvalue weighted by molar-refractivity contribution is -0.141. The van der Waals surface area contributed by atoms with Crippen molar-refractivity contribution in [3.8, 4) is 5.75 Å². The lowest BCUT2D eigenvalue weighted by Crippen LogP contribution is -2.52. The zero-order chi connectivity index (χ0) is 26.1. The molecule has 0 saturated carbocycles. The van der Waals surface area contributed by atoms with Crippen molar-refractivity contribution in [3.05, 3.63) is 99.5 Å². The summed E-state index contributed by atoms with van der Waals surface area (Å²) in [4.78, 5) is 29.0. The van der Waals surface area contributed by atoms with Gasteiger partial charge in [-0.05, 0) is 48.7 Å². The van der Waals surface area contributed by atoms with Crippen molar-refractivity contribution in [3.63, 3.8) is 0 Å². The first kappa shape index (κ1) is 27.6. The molecule has 0 saturated heterocycles. The van der Waals surface area contributed by atoms with Gasteiger partial charge in [-0.2, -0.15) is 0 Å². The first-order valence-electron chi connectivity index (χ1n) is 12.0. The fourth-order valence-corrected chi connectivity index (χ4v) is 4.39. The number of ether oxygens (including phenoxy) is 1. The molecule has 1 N–H and O–H groups in total. The van der Waals surface area contributed by atoms with E-state index >= 15 is 0 Å². The van der Waals surface area contributed by atoms with Crippen LogP contribution in [-0.2, 0) is 29.0 Å². The van der Waals surface area contributed by atoms with E-state index in [0.717, 1.165) is 17.5 Å². The smallest absolute Gasteiger partial charge is 0.243 e. The van der Waals surface area contributed by atoms with E-state index in [2.05, 4.69) is 5.32 Å². The van der Waals surface area contributed by atoms with Gasteiger partial charge < -0.3 is 15.0 Å². The predicted molar refractivity (Wildman–Crippen MR) is 146 cm³/mol. The monoisotopic (exact) mass is 526 g/mol. The summed E-state index contributed by atoms with van der Waals surface area (Å²) >= 11 is 13.0. The Morgan fingerprint density at radius 3 is 2.14 bits per heavy atom. The summed E-state index contributed by atoms with van der Waals surface area (Å²) in [5, 5.41) is 3.96. The highest BCUT2D eigenvalue weighted by atomic mass is 35.5. The third-order valence-electron chi connectivity index (χ3n) is 6.18. The van der Waals surface area contributed by atoms with Crippen LogP contribution >= 0.6 is 23.2 Å². The van der Waals surface area contributed by atoms with Crippen molar-refractivity contribution in [2.24, 2.45) is 0 Å². The van der Waals surface area contributed by atoms with Gasteiger partial charge >= 0.3 is 0 Å². The minimum Gasteiger partial charge on any atom is -0.497 e. The Labute approximate surface area is 223 Å². The van der Waals surface area contributed by atoms with Crippen molar-refractivity contribution in [1.29, 1.82) is 0 Å². The molecule has 5 nitrogen and oxygen atoms in total. The molecule has 0 aliphatic heterocycles. The molecule has 0 aliphatic carbocycles. The maximum atomic E-state index is 13.8. The Hall–Kier alpha value is -3.02. The minimum absolute atomic E-state index is 0.0294. The van der Waals surface area contributed by atoms with E-state index < -0.39 is 6.04 Å². The van der Waals surface area contributed by atoms with Gasteiger partial charge in [0.15, 0.2) is 0 Å². The molecule has 0 heterocycles. The van der Waals surface area contributed by atoms with Crippen molar-refractivity contribution in [1.82, 2.24) is 10.2 Å². The van der Waals surface area contributed by atoms with Crippen LogP contribution in [0.15, 0.2) is 72.8 Å². The van der Waals surface area contributed by atoms with Gasteiger partial charge in [-0.15, -0.1) is 0 Å². The van der Waals surface area contributed by atoms with Crippen LogP contribution in [0.2, 0.25) is 10.0 Å². The zero-order valence-corrected chi connectivity index (χ0v) is 22.4. The molecule has 3 aromatic rings. The van der Waals surface area contributed by atoms with Crippen LogP contribution in [0.1, 0.15) is 37.0 Å². The summed E-state index contributed by atoms with van der Waals surface area (Å²) in [6.07, 6.45) is 1.26. The van der Waals surface area contributed by atoms with Crippen LogP contribution in [0.5, 0.6) is 5.75 Å². The number of hydrogen-bond donors (Lipinski definition) is 1. The van der Waals surface area contributed by atoms with Crippen molar-refractivity contribution >= 4 is 35.0 Å². The van der Waals surface area contributed by atoms with Gasteiger partial charge in [0.25, 0.3) is 0 Å². The summed E-state index contributed by atoms with van der Waals surface area (Å²) in [5.74, 6) is 0.302. The number of methoxy groups -OCH3 is 1. The van der Waals surface area contributed by atoms with E-state index in [1.165, 1.54) is 0 Å². The van der Waals surface area contributed by atoms with Crippen LogP contribution in [-0.4, -0.2) is 35.9 Å². The number of halogens is 2. The van der Waals surface area contributed by atoms with Crippen molar-refractivity contribution < 1.29 is 14.3 Å². The fourth-order valence-electron chi connectivity index (χ4n) is 3.87. The molecule has 3 aromatic carbocycles. The second-order valence-corrected chi connectivity index (χ2v) is 9.58. The summed E-state index contributed by atoms with van der Waals surface area (Å²) in [6, 6.07) is 21.5. The van der Waals surface area contributed by atoms with Gasteiger partial charge in [0.05, 0.1) is 13.5 Å². The number of hydrogen-bond acceptors (Lipinski definition) is 3. The SMILES string of the molecule is CC[C@H](C)NC(=O)[C@@H](Cc1ccccc1)N(Cc1c(Cl)cccc1Cl)C(=O)Cc1ccc(OC)cc1. The van der Waals surface area contributed by atoms with E-state index in [9.17, 15) is 9.59 Å². The molecule has 2 amide bonds. The highest BCUT2D eigenvalue weighted by Gasteiger charge is 2.31. The van der Waals surface area contributed by atoms with Gasteiger partial charge in [0.2, 0.25) is 11.8 Å². The molecule has 0 unspecified atom stereocenters. The molecule has 0 fully saturated rings. The lowest BCUT2D eigenvalue weighted by atomic mass is 10.0. The summed E-state index contributed by atoms with van der Waals surface area (Å²) < 4.78 is 5.23. The molecular formula is C29H32Cl2N2O3. The van der Waals surface area contributed by atoms with Gasteiger partial charge in [-0.25, -0.2) is 0 Å². The van der Waals surface area contributed by atoms with E-state index in [1.54, 1.807) is 30.2 Å². The number of rotatable bonds is 11. The van der Waals surface area contributed by atoms with Crippen molar-refractivity contribution in [2.45, 2.75) is 51.7 Å². The third-order valence-corrected chi connectivity index (χ3v) is 6.88.